The molecule has 25 heavy (non-hydrogen) atoms. The van der Waals surface area contributed by atoms with Gasteiger partial charge in [0.1, 0.15) is 13.2 Å². The van der Waals surface area contributed by atoms with Crippen molar-refractivity contribution >= 4 is 22.8 Å². The molecule has 3 aromatic rings. The van der Waals surface area contributed by atoms with Crippen molar-refractivity contribution in [1.29, 1.82) is 0 Å². The van der Waals surface area contributed by atoms with Gasteiger partial charge in [-0.25, -0.2) is 4.98 Å². The van der Waals surface area contributed by atoms with Crippen molar-refractivity contribution in [2.45, 2.75) is 0 Å². The van der Waals surface area contributed by atoms with Gasteiger partial charge in [0.05, 0.1) is 17.4 Å². The first-order chi connectivity index (χ1) is 12.2. The highest BCUT2D eigenvalue weighted by Crippen LogP contribution is 2.30. The maximum Gasteiger partial charge on any atom is 0.269 e. The Kier molecular flexibility index (Phi) is 3.70. The lowest BCUT2D eigenvalue weighted by Gasteiger charge is -2.18. The van der Waals surface area contributed by atoms with Crippen molar-refractivity contribution in [2.24, 2.45) is 0 Å². The quantitative estimate of drug-likeness (QED) is 0.613. The number of rotatable bonds is 2. The molecule has 0 bridgehead atoms. The number of ether oxygens (including phenoxy) is 2. The number of aromatic amines is 1. The number of nitrogens with zero attached hydrogens (tertiary/aromatic N) is 1. The number of aromatic nitrogens is 2. The Morgan fingerprint density at radius 3 is 2.40 bits per heavy atom. The molecule has 8 nitrogen and oxygen atoms in total. The standard InChI is InChI=1S/C17H14N4O4/c22-16(10-1-3-12-13(7-10)19-9-18-12)20-21-17(23)11-2-4-14-15(8-11)25-6-5-24-14/h1-4,7-9H,5-6H2,(H,18,19)(H,20,22)(H,21,23). The highest BCUT2D eigenvalue weighted by Gasteiger charge is 2.15. The smallest absolute Gasteiger partial charge is 0.269 e. The summed E-state index contributed by atoms with van der Waals surface area (Å²) in [5.74, 6) is 0.227. The molecule has 1 aromatic heterocycles. The highest BCUT2D eigenvalue weighted by molar-refractivity contribution is 6.00. The average molecular weight is 338 g/mol. The third kappa shape index (κ3) is 2.97. The average Bonchev–Trinajstić information content (AvgIpc) is 3.13. The Bertz CT molecular complexity index is 966. The zero-order chi connectivity index (χ0) is 17.2. The van der Waals surface area contributed by atoms with E-state index in [-0.39, 0.29) is 0 Å². The summed E-state index contributed by atoms with van der Waals surface area (Å²) in [6, 6.07) is 9.86. The summed E-state index contributed by atoms with van der Waals surface area (Å²) in [6.45, 7) is 0.917. The number of benzene rings is 2. The molecule has 1 aliphatic heterocycles. The van der Waals surface area contributed by atoms with Crippen LogP contribution in [0.25, 0.3) is 11.0 Å². The third-order valence-corrected chi connectivity index (χ3v) is 3.78. The summed E-state index contributed by atoms with van der Waals surface area (Å²) in [5.41, 5.74) is 7.03. The third-order valence-electron chi connectivity index (χ3n) is 3.78. The number of imidazole rings is 1. The normalized spacial score (nSPS) is 12.6. The Hall–Kier alpha value is -3.55. The number of hydrogen-bond acceptors (Lipinski definition) is 5. The maximum absolute atomic E-state index is 12.2. The van der Waals surface area contributed by atoms with Gasteiger partial charge in [-0.3, -0.25) is 20.4 Å². The van der Waals surface area contributed by atoms with E-state index in [2.05, 4.69) is 20.8 Å². The van der Waals surface area contributed by atoms with Crippen molar-refractivity contribution < 1.29 is 19.1 Å². The fraction of sp³-hybridized carbons (Fsp3) is 0.118. The van der Waals surface area contributed by atoms with E-state index in [4.69, 9.17) is 9.47 Å². The largest absolute Gasteiger partial charge is 0.486 e. The van der Waals surface area contributed by atoms with E-state index in [1.807, 2.05) is 0 Å². The van der Waals surface area contributed by atoms with Crippen LogP contribution in [0.5, 0.6) is 11.5 Å². The number of amides is 2. The first-order valence-corrected chi connectivity index (χ1v) is 7.64. The van der Waals surface area contributed by atoms with Crippen LogP contribution in [0.3, 0.4) is 0 Å². The Morgan fingerprint density at radius 1 is 0.920 bits per heavy atom. The molecule has 1 aliphatic rings. The SMILES string of the molecule is O=C(NNC(=O)c1ccc2nc[nH]c2c1)c1ccc2c(c1)OCCO2. The van der Waals surface area contributed by atoms with Crippen LogP contribution >= 0.6 is 0 Å². The number of carbonyl (C=O) groups excluding carboxylic acids is 2. The second-order valence-corrected chi connectivity index (χ2v) is 5.40. The van der Waals surface area contributed by atoms with Gasteiger partial charge in [-0.2, -0.15) is 0 Å². The molecule has 0 spiro atoms. The molecule has 2 heterocycles. The molecule has 0 unspecified atom stereocenters. The molecule has 3 N–H and O–H groups in total. The van der Waals surface area contributed by atoms with Crippen LogP contribution in [0.4, 0.5) is 0 Å². The minimum Gasteiger partial charge on any atom is -0.486 e. The van der Waals surface area contributed by atoms with Crippen molar-refractivity contribution in [3.8, 4) is 11.5 Å². The monoisotopic (exact) mass is 338 g/mol. The number of H-pyrrole nitrogens is 1. The van der Waals surface area contributed by atoms with Gasteiger partial charge in [0.25, 0.3) is 11.8 Å². The molecule has 2 aromatic carbocycles. The summed E-state index contributed by atoms with van der Waals surface area (Å²) in [4.78, 5) is 31.4. The van der Waals surface area contributed by atoms with Crippen molar-refractivity contribution in [2.75, 3.05) is 13.2 Å². The second kappa shape index (κ2) is 6.16. The Balaban J connectivity index is 1.43. The molecule has 0 atom stereocenters. The van der Waals surface area contributed by atoms with Crippen LogP contribution in [0, 0.1) is 0 Å². The van der Waals surface area contributed by atoms with Crippen LogP contribution < -0.4 is 20.3 Å². The van der Waals surface area contributed by atoms with Crippen LogP contribution in [0.15, 0.2) is 42.7 Å². The van der Waals surface area contributed by atoms with Gasteiger partial charge in [-0.05, 0) is 36.4 Å². The van der Waals surface area contributed by atoms with Crippen LogP contribution in [-0.4, -0.2) is 35.0 Å². The van der Waals surface area contributed by atoms with E-state index in [1.165, 1.54) is 0 Å². The molecular weight excluding hydrogens is 324 g/mol. The molecular formula is C17H14N4O4. The molecule has 8 heteroatoms. The van der Waals surface area contributed by atoms with Gasteiger partial charge in [0.15, 0.2) is 11.5 Å². The number of fused-ring (bicyclic) bond motifs is 2. The highest BCUT2D eigenvalue weighted by atomic mass is 16.6. The predicted octanol–water partition coefficient (Wildman–Crippen LogP) is 1.41. The van der Waals surface area contributed by atoms with Gasteiger partial charge < -0.3 is 14.5 Å². The van der Waals surface area contributed by atoms with Gasteiger partial charge in [0, 0.05) is 11.1 Å². The van der Waals surface area contributed by atoms with E-state index < -0.39 is 11.8 Å². The van der Waals surface area contributed by atoms with E-state index in [0.29, 0.717) is 35.8 Å². The van der Waals surface area contributed by atoms with Crippen LogP contribution in [-0.2, 0) is 0 Å². The molecule has 0 saturated heterocycles. The van der Waals surface area contributed by atoms with Crippen molar-refractivity contribution in [1.82, 2.24) is 20.8 Å². The van der Waals surface area contributed by atoms with Crippen LogP contribution in [0.1, 0.15) is 20.7 Å². The van der Waals surface area contributed by atoms with Gasteiger partial charge in [0.2, 0.25) is 0 Å². The molecule has 4 rings (SSSR count). The minimum absolute atomic E-state index is 0.355. The summed E-state index contributed by atoms with van der Waals surface area (Å²) in [6.07, 6.45) is 1.55. The number of hydrazine groups is 1. The van der Waals surface area contributed by atoms with E-state index >= 15 is 0 Å². The van der Waals surface area contributed by atoms with Crippen molar-refractivity contribution in [3.05, 3.63) is 53.9 Å². The topological polar surface area (TPSA) is 105 Å². The summed E-state index contributed by atoms with van der Waals surface area (Å²) in [7, 11) is 0. The van der Waals surface area contributed by atoms with E-state index in [9.17, 15) is 9.59 Å². The number of hydrogen-bond donors (Lipinski definition) is 3. The Morgan fingerprint density at radius 2 is 1.60 bits per heavy atom. The lowest BCUT2D eigenvalue weighted by molar-refractivity contribution is 0.0846. The zero-order valence-corrected chi connectivity index (χ0v) is 13.0. The first-order valence-electron chi connectivity index (χ1n) is 7.64. The molecule has 2 amide bonds. The van der Waals surface area contributed by atoms with E-state index in [0.717, 1.165) is 11.0 Å². The van der Waals surface area contributed by atoms with Gasteiger partial charge in [-0.15, -0.1) is 0 Å². The maximum atomic E-state index is 12.2. The zero-order valence-electron chi connectivity index (χ0n) is 13.0. The van der Waals surface area contributed by atoms with E-state index in [1.54, 1.807) is 42.7 Å². The molecule has 126 valence electrons. The number of carbonyl (C=O) groups is 2. The van der Waals surface area contributed by atoms with Gasteiger partial charge >= 0.3 is 0 Å². The summed E-state index contributed by atoms with van der Waals surface area (Å²) in [5, 5.41) is 0. The number of nitrogens with one attached hydrogen (secondary N) is 3. The molecule has 0 aliphatic carbocycles. The molecule has 0 radical (unpaired) electrons. The molecule has 0 fully saturated rings. The lowest BCUT2D eigenvalue weighted by atomic mass is 10.2. The fourth-order valence-corrected chi connectivity index (χ4v) is 2.52. The second-order valence-electron chi connectivity index (χ2n) is 5.40. The fourth-order valence-electron chi connectivity index (χ4n) is 2.52. The van der Waals surface area contributed by atoms with Crippen molar-refractivity contribution in [3.63, 3.8) is 0 Å². The summed E-state index contributed by atoms with van der Waals surface area (Å²) < 4.78 is 10.8. The Labute approximate surface area is 142 Å². The van der Waals surface area contributed by atoms with Crippen LogP contribution in [0.2, 0.25) is 0 Å². The summed E-state index contributed by atoms with van der Waals surface area (Å²) >= 11 is 0. The lowest BCUT2D eigenvalue weighted by Crippen LogP contribution is -2.41. The predicted molar refractivity (Wildman–Crippen MR) is 88.5 cm³/mol. The minimum atomic E-state index is -0.451. The first kappa shape index (κ1) is 15.0. The molecule has 0 saturated carbocycles. The van der Waals surface area contributed by atoms with Gasteiger partial charge in [-0.1, -0.05) is 0 Å².